The van der Waals surface area contributed by atoms with Crippen molar-refractivity contribution < 1.29 is 17.9 Å². The Bertz CT molecular complexity index is 178. The van der Waals surface area contributed by atoms with Gasteiger partial charge in [-0.15, -0.1) is 13.2 Å². The summed E-state index contributed by atoms with van der Waals surface area (Å²) in [6.07, 6.45) is -1.63. The van der Waals surface area contributed by atoms with E-state index in [-0.39, 0.29) is 6.04 Å². The van der Waals surface area contributed by atoms with Gasteiger partial charge in [0.05, 0.1) is 6.10 Å². The quantitative estimate of drug-likeness (QED) is 0.623. The maximum Gasteiger partial charge on any atom is 0.523 e. The number of rotatable bonds is 1. The van der Waals surface area contributed by atoms with E-state index >= 15 is 0 Å². The third kappa shape index (κ3) is 3.23. The highest BCUT2D eigenvalue weighted by molar-refractivity contribution is 5.01. The Kier molecular flexibility index (Phi) is 2.74. The molecule has 2 N–H and O–H groups in total. The van der Waals surface area contributed by atoms with Gasteiger partial charge in [-0.3, -0.25) is 4.74 Å². The third-order valence-electron chi connectivity index (χ3n) is 1.64. The average molecular weight is 181 g/mol. The number of hydrogen-bond acceptors (Lipinski definition) is 2. The van der Waals surface area contributed by atoms with Crippen LogP contribution in [0.25, 0.3) is 0 Å². The van der Waals surface area contributed by atoms with Crippen LogP contribution in [0.5, 0.6) is 0 Å². The van der Waals surface area contributed by atoms with Gasteiger partial charge < -0.3 is 5.73 Å². The minimum Gasteiger partial charge on any atom is -0.324 e. The SMILES string of the molecule is NC1C=CC(OC(F)(F)F)CC1. The standard InChI is InChI=1S/C7H10F3NO/c8-7(9,10)12-6-3-1-5(11)2-4-6/h1,3,5-6H,2,4,11H2. The molecule has 0 saturated heterocycles. The summed E-state index contributed by atoms with van der Waals surface area (Å²) in [5, 5.41) is 0. The van der Waals surface area contributed by atoms with E-state index in [4.69, 9.17) is 5.73 Å². The molecule has 0 bridgehead atoms. The number of alkyl halides is 3. The lowest BCUT2D eigenvalue weighted by Crippen LogP contribution is -2.29. The van der Waals surface area contributed by atoms with Gasteiger partial charge in [0.1, 0.15) is 0 Å². The van der Waals surface area contributed by atoms with Crippen LogP contribution in [0.4, 0.5) is 13.2 Å². The van der Waals surface area contributed by atoms with E-state index < -0.39 is 12.5 Å². The predicted octanol–water partition coefficient (Wildman–Crippen LogP) is 1.57. The molecule has 2 nitrogen and oxygen atoms in total. The Morgan fingerprint density at radius 2 is 1.92 bits per heavy atom. The molecular weight excluding hydrogens is 171 g/mol. The molecule has 0 amide bonds. The zero-order chi connectivity index (χ0) is 9.19. The molecule has 0 radical (unpaired) electrons. The first-order valence-electron chi connectivity index (χ1n) is 3.66. The monoisotopic (exact) mass is 181 g/mol. The third-order valence-corrected chi connectivity index (χ3v) is 1.64. The highest BCUT2D eigenvalue weighted by Crippen LogP contribution is 2.23. The lowest BCUT2D eigenvalue weighted by atomic mass is 10.0. The molecule has 2 atom stereocenters. The lowest BCUT2D eigenvalue weighted by Gasteiger charge is -2.21. The molecule has 1 rings (SSSR count). The summed E-state index contributed by atoms with van der Waals surface area (Å²) < 4.78 is 38.7. The fourth-order valence-corrected chi connectivity index (χ4v) is 1.09. The molecule has 0 aromatic heterocycles. The summed E-state index contributed by atoms with van der Waals surface area (Å²) in [6, 6.07) is -0.127. The first kappa shape index (κ1) is 9.54. The van der Waals surface area contributed by atoms with Gasteiger partial charge in [-0.25, -0.2) is 0 Å². The van der Waals surface area contributed by atoms with E-state index in [1.807, 2.05) is 0 Å². The van der Waals surface area contributed by atoms with Crippen molar-refractivity contribution in [2.75, 3.05) is 0 Å². The molecule has 0 heterocycles. The van der Waals surface area contributed by atoms with Crippen molar-refractivity contribution in [3.63, 3.8) is 0 Å². The Hall–Kier alpha value is -0.550. The topological polar surface area (TPSA) is 35.2 Å². The van der Waals surface area contributed by atoms with Gasteiger partial charge in [-0.1, -0.05) is 12.2 Å². The molecular formula is C7H10F3NO. The molecule has 0 saturated carbocycles. The molecule has 2 unspecified atom stereocenters. The number of halogens is 3. The van der Waals surface area contributed by atoms with E-state index in [0.29, 0.717) is 12.8 Å². The summed E-state index contributed by atoms with van der Waals surface area (Å²) in [7, 11) is 0. The molecule has 5 heteroatoms. The van der Waals surface area contributed by atoms with Gasteiger partial charge in [-0.05, 0) is 12.8 Å². The molecule has 0 aromatic rings. The molecule has 0 fully saturated rings. The molecule has 1 aliphatic carbocycles. The van der Waals surface area contributed by atoms with E-state index in [1.54, 1.807) is 6.08 Å². The van der Waals surface area contributed by atoms with Crippen molar-refractivity contribution in [3.8, 4) is 0 Å². The van der Waals surface area contributed by atoms with Gasteiger partial charge in [0.15, 0.2) is 0 Å². The fraction of sp³-hybridized carbons (Fsp3) is 0.714. The first-order chi connectivity index (χ1) is 5.47. The second-order valence-corrected chi connectivity index (χ2v) is 2.73. The normalized spacial score (nSPS) is 30.7. The van der Waals surface area contributed by atoms with Gasteiger partial charge >= 0.3 is 6.36 Å². The second-order valence-electron chi connectivity index (χ2n) is 2.73. The number of hydrogen-bond donors (Lipinski definition) is 1. The zero-order valence-electron chi connectivity index (χ0n) is 6.34. The van der Waals surface area contributed by atoms with Crippen LogP contribution in [0, 0.1) is 0 Å². The van der Waals surface area contributed by atoms with Crippen LogP contribution >= 0.6 is 0 Å². The van der Waals surface area contributed by atoms with Crippen LogP contribution in [-0.4, -0.2) is 18.5 Å². The van der Waals surface area contributed by atoms with E-state index in [2.05, 4.69) is 4.74 Å². The molecule has 1 aliphatic rings. The fourth-order valence-electron chi connectivity index (χ4n) is 1.09. The Morgan fingerprint density at radius 1 is 1.25 bits per heavy atom. The molecule has 0 aromatic carbocycles. The van der Waals surface area contributed by atoms with Crippen LogP contribution in [0.1, 0.15) is 12.8 Å². The second kappa shape index (κ2) is 3.45. The first-order valence-corrected chi connectivity index (χ1v) is 3.66. The minimum absolute atomic E-state index is 0.127. The van der Waals surface area contributed by atoms with Crippen molar-refractivity contribution in [2.45, 2.75) is 31.3 Å². The summed E-state index contributed by atoms with van der Waals surface area (Å²) in [5.74, 6) is 0. The minimum atomic E-state index is -4.55. The summed E-state index contributed by atoms with van der Waals surface area (Å²) in [6.45, 7) is 0. The van der Waals surface area contributed by atoms with Crippen LogP contribution in [0.3, 0.4) is 0 Å². The highest BCUT2D eigenvalue weighted by atomic mass is 19.4. The van der Waals surface area contributed by atoms with Crippen molar-refractivity contribution in [1.82, 2.24) is 0 Å². The molecule has 0 spiro atoms. The van der Waals surface area contributed by atoms with Crippen LogP contribution in [-0.2, 0) is 4.74 Å². The Balaban J connectivity index is 2.40. The van der Waals surface area contributed by atoms with Crippen molar-refractivity contribution >= 4 is 0 Å². The van der Waals surface area contributed by atoms with Gasteiger partial charge in [-0.2, -0.15) is 0 Å². The average Bonchev–Trinajstić information content (AvgIpc) is 1.91. The molecule has 0 aliphatic heterocycles. The zero-order valence-corrected chi connectivity index (χ0v) is 6.34. The lowest BCUT2D eigenvalue weighted by molar-refractivity contribution is -0.337. The Morgan fingerprint density at radius 3 is 2.33 bits per heavy atom. The maximum absolute atomic E-state index is 11.6. The Labute approximate surface area is 68.2 Å². The van der Waals surface area contributed by atoms with E-state index in [9.17, 15) is 13.2 Å². The van der Waals surface area contributed by atoms with E-state index in [0.717, 1.165) is 0 Å². The largest absolute Gasteiger partial charge is 0.523 e. The van der Waals surface area contributed by atoms with Crippen molar-refractivity contribution in [2.24, 2.45) is 5.73 Å². The van der Waals surface area contributed by atoms with Gasteiger partial charge in [0.25, 0.3) is 0 Å². The van der Waals surface area contributed by atoms with Crippen LogP contribution < -0.4 is 5.73 Å². The number of ether oxygens (including phenoxy) is 1. The van der Waals surface area contributed by atoms with E-state index in [1.165, 1.54) is 6.08 Å². The molecule has 70 valence electrons. The van der Waals surface area contributed by atoms with Crippen molar-refractivity contribution in [3.05, 3.63) is 12.2 Å². The smallest absolute Gasteiger partial charge is 0.324 e. The van der Waals surface area contributed by atoms with Crippen LogP contribution in [0.2, 0.25) is 0 Å². The summed E-state index contributed by atoms with van der Waals surface area (Å²) >= 11 is 0. The van der Waals surface area contributed by atoms with Crippen LogP contribution in [0.15, 0.2) is 12.2 Å². The van der Waals surface area contributed by atoms with Crippen molar-refractivity contribution in [1.29, 1.82) is 0 Å². The molecule has 12 heavy (non-hydrogen) atoms. The van der Waals surface area contributed by atoms with Gasteiger partial charge in [0, 0.05) is 6.04 Å². The predicted molar refractivity (Wildman–Crippen MR) is 37.3 cm³/mol. The highest BCUT2D eigenvalue weighted by Gasteiger charge is 2.33. The maximum atomic E-state index is 11.6. The summed E-state index contributed by atoms with van der Waals surface area (Å²) in [4.78, 5) is 0. The summed E-state index contributed by atoms with van der Waals surface area (Å²) in [5.41, 5.74) is 5.44. The van der Waals surface area contributed by atoms with Gasteiger partial charge in [0.2, 0.25) is 0 Å². The number of nitrogens with two attached hydrogens (primary N) is 1.